The van der Waals surface area contributed by atoms with Gasteiger partial charge in [-0.2, -0.15) is 0 Å². The highest BCUT2D eigenvalue weighted by Gasteiger charge is 1.83. The highest BCUT2D eigenvalue weighted by molar-refractivity contribution is 5.62. The summed E-state index contributed by atoms with van der Waals surface area (Å²) in [6.07, 6.45) is 0.190. The van der Waals surface area contributed by atoms with Crippen LogP contribution in [0.25, 0.3) is 0 Å². The van der Waals surface area contributed by atoms with Crippen molar-refractivity contribution >= 4 is 12.3 Å². The van der Waals surface area contributed by atoms with Crippen LogP contribution in [-0.2, 0) is 4.79 Å². The van der Waals surface area contributed by atoms with E-state index in [2.05, 4.69) is 5.73 Å². The van der Waals surface area contributed by atoms with Crippen molar-refractivity contribution in [1.82, 2.24) is 0 Å². The smallest absolute Gasteiger partial charge is 0.300 e. The van der Waals surface area contributed by atoms with E-state index < -0.39 is 12.1 Å². The number of carboxylic acids is 1. The third-order valence-electron chi connectivity index (χ3n) is 0.264. The SMILES string of the molecule is CC(=O)O.CC(O)CO.N=CN. The van der Waals surface area contributed by atoms with Crippen LogP contribution in [0.4, 0.5) is 0 Å². The summed E-state index contributed by atoms with van der Waals surface area (Å²) in [5.74, 6) is -0.833. The summed E-state index contributed by atoms with van der Waals surface area (Å²) in [5, 5.41) is 29.3. The van der Waals surface area contributed by atoms with Gasteiger partial charge in [-0.25, -0.2) is 0 Å². The second-order valence-electron chi connectivity index (χ2n) is 1.72. The van der Waals surface area contributed by atoms with Gasteiger partial charge in [-0.1, -0.05) is 0 Å². The van der Waals surface area contributed by atoms with Gasteiger partial charge in [-0.3, -0.25) is 10.2 Å². The molecule has 0 aliphatic heterocycles. The molecule has 6 N–H and O–H groups in total. The molecule has 12 heavy (non-hydrogen) atoms. The number of hydrogen-bond donors (Lipinski definition) is 5. The van der Waals surface area contributed by atoms with E-state index in [9.17, 15) is 0 Å². The number of rotatable bonds is 1. The molecule has 0 aliphatic rings. The summed E-state index contributed by atoms with van der Waals surface area (Å²) < 4.78 is 0. The van der Waals surface area contributed by atoms with Gasteiger partial charge < -0.3 is 21.1 Å². The number of aliphatic hydroxyl groups is 2. The second-order valence-corrected chi connectivity index (χ2v) is 1.72. The van der Waals surface area contributed by atoms with Crippen LogP contribution in [0.1, 0.15) is 13.8 Å². The van der Waals surface area contributed by atoms with Crippen molar-refractivity contribution in [2.24, 2.45) is 5.73 Å². The second kappa shape index (κ2) is 16.4. The molecule has 0 aromatic heterocycles. The van der Waals surface area contributed by atoms with E-state index in [0.29, 0.717) is 0 Å². The first-order valence-electron chi connectivity index (χ1n) is 3.11. The molecule has 6 nitrogen and oxygen atoms in total. The van der Waals surface area contributed by atoms with Crippen molar-refractivity contribution in [3.05, 3.63) is 0 Å². The van der Waals surface area contributed by atoms with E-state index in [4.69, 9.17) is 25.5 Å². The molecule has 0 amide bonds. The summed E-state index contributed by atoms with van der Waals surface area (Å²) in [5.41, 5.74) is 4.39. The zero-order valence-corrected chi connectivity index (χ0v) is 7.19. The summed E-state index contributed by atoms with van der Waals surface area (Å²) in [4.78, 5) is 9.00. The first kappa shape index (κ1) is 17.1. The standard InChI is InChI=1S/C3H8O2.C2H4O2.CH4N2/c1-3(5)2-4;1-2(3)4;2-1-3/h3-5H,2H2,1H3;1H3,(H,3,4);1H,(H3,2,3). The largest absolute Gasteiger partial charge is 0.481 e. The molecule has 0 fully saturated rings. The van der Waals surface area contributed by atoms with Gasteiger partial charge in [0, 0.05) is 6.92 Å². The molecule has 0 bridgehead atoms. The van der Waals surface area contributed by atoms with Crippen molar-refractivity contribution in [1.29, 1.82) is 5.41 Å². The van der Waals surface area contributed by atoms with Crippen molar-refractivity contribution in [3.63, 3.8) is 0 Å². The Labute approximate surface area is 71.1 Å². The molecule has 74 valence electrons. The van der Waals surface area contributed by atoms with Gasteiger partial charge in [-0.15, -0.1) is 0 Å². The minimum absolute atomic E-state index is 0.139. The number of hydrogen-bond acceptors (Lipinski definition) is 4. The molecule has 0 aromatic rings. The van der Waals surface area contributed by atoms with E-state index in [-0.39, 0.29) is 6.61 Å². The topological polar surface area (TPSA) is 128 Å². The maximum absolute atomic E-state index is 9.00. The van der Waals surface area contributed by atoms with E-state index in [1.54, 1.807) is 0 Å². The van der Waals surface area contributed by atoms with Gasteiger partial charge in [0.25, 0.3) is 5.97 Å². The lowest BCUT2D eigenvalue weighted by atomic mass is 10.5. The predicted octanol–water partition coefficient (Wildman–Crippen LogP) is -0.997. The molecule has 0 radical (unpaired) electrons. The van der Waals surface area contributed by atoms with Gasteiger partial charge in [0.1, 0.15) is 0 Å². The number of nitrogens with two attached hydrogens (primary N) is 1. The normalized spacial score (nSPS) is 9.33. The fraction of sp³-hybridized carbons (Fsp3) is 0.667. The van der Waals surface area contributed by atoms with Gasteiger partial charge in [0.05, 0.1) is 19.0 Å². The van der Waals surface area contributed by atoms with Gasteiger partial charge >= 0.3 is 0 Å². The Balaban J connectivity index is -0.000000105. The molecule has 0 heterocycles. The molecular formula is C6H16N2O4. The average molecular weight is 180 g/mol. The Bertz CT molecular complexity index is 102. The van der Waals surface area contributed by atoms with Crippen LogP contribution in [0.2, 0.25) is 0 Å². The average Bonchev–Trinajstić information content (AvgIpc) is 1.88. The molecule has 1 unspecified atom stereocenters. The molecular weight excluding hydrogens is 164 g/mol. The number of aliphatic hydroxyl groups excluding tert-OH is 2. The number of carbonyl (C=O) groups is 1. The first-order chi connectivity index (χ1) is 5.42. The number of aliphatic carboxylic acids is 1. The Morgan fingerprint density at radius 3 is 1.83 bits per heavy atom. The third kappa shape index (κ3) is 740. The zero-order chi connectivity index (χ0) is 10.6. The molecule has 0 aliphatic carbocycles. The summed E-state index contributed by atoms with van der Waals surface area (Å²) >= 11 is 0. The van der Waals surface area contributed by atoms with E-state index in [1.165, 1.54) is 6.92 Å². The van der Waals surface area contributed by atoms with Crippen molar-refractivity contribution in [3.8, 4) is 0 Å². The molecule has 0 rings (SSSR count). The lowest BCUT2D eigenvalue weighted by molar-refractivity contribution is -0.134. The molecule has 0 aromatic carbocycles. The Morgan fingerprint density at radius 1 is 1.75 bits per heavy atom. The zero-order valence-electron chi connectivity index (χ0n) is 7.19. The number of nitrogens with one attached hydrogen (secondary N) is 1. The van der Waals surface area contributed by atoms with E-state index in [1.807, 2.05) is 0 Å². The van der Waals surface area contributed by atoms with E-state index >= 15 is 0 Å². The maximum atomic E-state index is 9.00. The van der Waals surface area contributed by atoms with Crippen LogP contribution in [0.3, 0.4) is 0 Å². The van der Waals surface area contributed by atoms with Crippen molar-refractivity contribution in [2.45, 2.75) is 20.0 Å². The van der Waals surface area contributed by atoms with Gasteiger partial charge in [-0.05, 0) is 6.92 Å². The highest BCUT2D eigenvalue weighted by atomic mass is 16.4. The molecule has 0 spiro atoms. The van der Waals surface area contributed by atoms with Crippen LogP contribution in [0.15, 0.2) is 0 Å². The Kier molecular flexibility index (Phi) is 23.4. The lowest BCUT2D eigenvalue weighted by Gasteiger charge is -1.90. The van der Waals surface area contributed by atoms with E-state index in [0.717, 1.165) is 13.3 Å². The van der Waals surface area contributed by atoms with Gasteiger partial charge in [0.2, 0.25) is 0 Å². The van der Waals surface area contributed by atoms with Crippen LogP contribution in [0.5, 0.6) is 0 Å². The fourth-order valence-electron chi connectivity index (χ4n) is 0. The van der Waals surface area contributed by atoms with Gasteiger partial charge in [0.15, 0.2) is 0 Å². The Morgan fingerprint density at radius 2 is 1.83 bits per heavy atom. The number of carboxylic acid groups (broad SMARTS) is 1. The maximum Gasteiger partial charge on any atom is 0.300 e. The lowest BCUT2D eigenvalue weighted by Crippen LogP contribution is -2.03. The summed E-state index contributed by atoms with van der Waals surface area (Å²) in [6.45, 7) is 2.47. The Hall–Kier alpha value is -1.14. The summed E-state index contributed by atoms with van der Waals surface area (Å²) in [6, 6.07) is 0. The first-order valence-corrected chi connectivity index (χ1v) is 3.11. The monoisotopic (exact) mass is 180 g/mol. The fourth-order valence-corrected chi connectivity index (χ4v) is 0. The van der Waals surface area contributed by atoms with Crippen molar-refractivity contribution in [2.75, 3.05) is 6.61 Å². The summed E-state index contributed by atoms with van der Waals surface area (Å²) in [7, 11) is 0. The van der Waals surface area contributed by atoms with Crippen LogP contribution in [0, 0.1) is 5.41 Å². The molecule has 6 heteroatoms. The quantitative estimate of drug-likeness (QED) is 0.261. The minimum Gasteiger partial charge on any atom is -0.481 e. The van der Waals surface area contributed by atoms with Crippen LogP contribution < -0.4 is 5.73 Å². The van der Waals surface area contributed by atoms with Crippen LogP contribution >= 0.6 is 0 Å². The third-order valence-corrected chi connectivity index (χ3v) is 0.264. The molecule has 0 saturated heterocycles. The minimum atomic E-state index is -0.833. The molecule has 0 saturated carbocycles. The van der Waals surface area contributed by atoms with Crippen LogP contribution in [-0.4, -0.2) is 40.3 Å². The molecule has 1 atom stereocenters. The van der Waals surface area contributed by atoms with Crippen molar-refractivity contribution < 1.29 is 20.1 Å². The predicted molar refractivity (Wildman–Crippen MR) is 45.0 cm³/mol. The highest BCUT2D eigenvalue weighted by Crippen LogP contribution is 1.68.